The van der Waals surface area contributed by atoms with Crippen LogP contribution >= 0.6 is 0 Å². The quantitative estimate of drug-likeness (QED) is 0.726. The normalized spacial score (nSPS) is 16.0. The Balaban J connectivity index is 1.89. The lowest BCUT2D eigenvalue weighted by Gasteiger charge is -2.15. The van der Waals surface area contributed by atoms with Gasteiger partial charge in [-0.15, -0.1) is 0 Å². The van der Waals surface area contributed by atoms with Gasteiger partial charge in [0.05, 0.1) is 18.6 Å². The minimum Gasteiger partial charge on any atom is -0.481 e. The van der Waals surface area contributed by atoms with E-state index < -0.39 is 17.7 Å². The zero-order chi connectivity index (χ0) is 18.9. The number of hydrogen-bond donors (Lipinski definition) is 1. The van der Waals surface area contributed by atoms with Gasteiger partial charge in [-0.1, -0.05) is 12.1 Å². The van der Waals surface area contributed by atoms with Crippen LogP contribution in [0.3, 0.4) is 0 Å². The lowest BCUT2D eigenvalue weighted by atomic mass is 9.98. The first-order valence-corrected chi connectivity index (χ1v) is 7.89. The van der Waals surface area contributed by atoms with Gasteiger partial charge in [0.1, 0.15) is 11.5 Å². The summed E-state index contributed by atoms with van der Waals surface area (Å²) in [6.07, 6.45) is -3.26. The average Bonchev–Trinajstić information content (AvgIpc) is 2.96. The maximum atomic E-state index is 13.2. The molecule has 1 N–H and O–H groups in total. The van der Waals surface area contributed by atoms with Crippen LogP contribution in [0.25, 0.3) is 4.85 Å². The van der Waals surface area contributed by atoms with E-state index in [-0.39, 0.29) is 29.5 Å². The summed E-state index contributed by atoms with van der Waals surface area (Å²) in [7, 11) is 0. The Morgan fingerprint density at radius 1 is 1.27 bits per heavy atom. The fourth-order valence-corrected chi connectivity index (χ4v) is 3.19. The Morgan fingerprint density at radius 3 is 2.69 bits per heavy atom. The van der Waals surface area contributed by atoms with Gasteiger partial charge in [-0.25, -0.2) is 4.85 Å². The van der Waals surface area contributed by atoms with Crippen LogP contribution in [-0.2, 0) is 17.4 Å². The van der Waals surface area contributed by atoms with Gasteiger partial charge in [0.15, 0.2) is 5.69 Å². The first-order chi connectivity index (χ1) is 12.3. The minimum atomic E-state index is -4.64. The van der Waals surface area contributed by atoms with Crippen molar-refractivity contribution >= 4 is 11.7 Å². The van der Waals surface area contributed by atoms with Crippen molar-refractivity contribution in [3.8, 4) is 11.5 Å². The Bertz CT molecular complexity index is 900. The van der Waals surface area contributed by atoms with E-state index in [1.54, 1.807) is 18.2 Å². The first kappa shape index (κ1) is 17.8. The highest BCUT2D eigenvalue weighted by Gasteiger charge is 2.35. The van der Waals surface area contributed by atoms with Crippen LogP contribution in [0.5, 0.6) is 11.5 Å². The van der Waals surface area contributed by atoms with Gasteiger partial charge in [0, 0.05) is 0 Å². The van der Waals surface area contributed by atoms with Gasteiger partial charge in [-0.3, -0.25) is 4.79 Å². The maximum Gasteiger partial charge on any atom is 0.418 e. The van der Waals surface area contributed by atoms with Crippen LogP contribution in [0.2, 0.25) is 0 Å². The molecule has 0 bridgehead atoms. The van der Waals surface area contributed by atoms with E-state index in [9.17, 15) is 18.0 Å². The van der Waals surface area contributed by atoms with Crippen LogP contribution in [-0.4, -0.2) is 11.1 Å². The zero-order valence-corrected chi connectivity index (χ0v) is 13.5. The number of nitrogens with zero attached hydrogens (tertiary/aromatic N) is 1. The van der Waals surface area contributed by atoms with Crippen molar-refractivity contribution in [2.24, 2.45) is 0 Å². The SMILES string of the molecule is [C-]#[N+]c1ccc(Oc2ccc3c(c2)CC[C@H]3CC(=O)O)c(C(F)(F)F)c1. The number of ether oxygens (including phenoxy) is 1. The summed E-state index contributed by atoms with van der Waals surface area (Å²) in [5, 5.41) is 8.95. The summed E-state index contributed by atoms with van der Waals surface area (Å²) in [6, 6.07) is 8.08. The average molecular weight is 361 g/mol. The zero-order valence-electron chi connectivity index (χ0n) is 13.5. The number of alkyl halides is 3. The van der Waals surface area contributed by atoms with Crippen molar-refractivity contribution in [1.29, 1.82) is 0 Å². The molecule has 0 spiro atoms. The fraction of sp³-hybridized carbons (Fsp3) is 0.263. The third kappa shape index (κ3) is 3.64. The molecule has 3 rings (SSSR count). The summed E-state index contributed by atoms with van der Waals surface area (Å²) in [5.41, 5.74) is 0.671. The van der Waals surface area contributed by atoms with Crippen LogP contribution in [0.1, 0.15) is 35.4 Å². The molecule has 0 unspecified atom stereocenters. The molecule has 2 aromatic carbocycles. The van der Waals surface area contributed by atoms with Crippen molar-refractivity contribution in [2.75, 3.05) is 0 Å². The molecule has 0 radical (unpaired) electrons. The Labute approximate surface area is 147 Å². The van der Waals surface area contributed by atoms with Crippen LogP contribution in [0.4, 0.5) is 18.9 Å². The third-order valence-corrected chi connectivity index (χ3v) is 4.36. The number of carbonyl (C=O) groups is 1. The van der Waals surface area contributed by atoms with Crippen molar-refractivity contribution in [2.45, 2.75) is 31.4 Å². The molecule has 0 heterocycles. The van der Waals surface area contributed by atoms with Crippen LogP contribution in [0.15, 0.2) is 36.4 Å². The smallest absolute Gasteiger partial charge is 0.418 e. The van der Waals surface area contributed by atoms with Gasteiger partial charge in [0.25, 0.3) is 0 Å². The number of carboxylic acid groups (broad SMARTS) is 1. The van der Waals surface area contributed by atoms with Gasteiger partial charge in [-0.2, -0.15) is 13.2 Å². The molecule has 7 heteroatoms. The Morgan fingerprint density at radius 2 is 2.04 bits per heavy atom. The van der Waals surface area contributed by atoms with E-state index in [2.05, 4.69) is 4.85 Å². The third-order valence-electron chi connectivity index (χ3n) is 4.36. The highest BCUT2D eigenvalue weighted by molar-refractivity contribution is 5.68. The fourth-order valence-electron chi connectivity index (χ4n) is 3.19. The summed E-state index contributed by atoms with van der Waals surface area (Å²) >= 11 is 0. The molecule has 134 valence electrons. The summed E-state index contributed by atoms with van der Waals surface area (Å²) in [5.74, 6) is -1.08. The lowest BCUT2D eigenvalue weighted by Crippen LogP contribution is -2.07. The predicted octanol–water partition coefficient (Wildman–Crippen LogP) is 5.55. The van der Waals surface area contributed by atoms with Crippen LogP contribution in [0, 0.1) is 6.57 Å². The molecular weight excluding hydrogens is 347 g/mol. The van der Waals surface area contributed by atoms with Gasteiger partial charge >= 0.3 is 12.1 Å². The molecule has 2 aromatic rings. The van der Waals surface area contributed by atoms with Gasteiger partial charge in [0.2, 0.25) is 0 Å². The molecule has 26 heavy (non-hydrogen) atoms. The van der Waals surface area contributed by atoms with Crippen molar-refractivity contribution in [3.63, 3.8) is 0 Å². The molecule has 4 nitrogen and oxygen atoms in total. The van der Waals surface area contributed by atoms with E-state index >= 15 is 0 Å². The molecule has 0 aromatic heterocycles. The van der Waals surface area contributed by atoms with E-state index in [1.807, 2.05) is 0 Å². The molecule has 1 atom stereocenters. The van der Waals surface area contributed by atoms with E-state index in [0.717, 1.165) is 23.3 Å². The summed E-state index contributed by atoms with van der Waals surface area (Å²) in [4.78, 5) is 13.9. The monoisotopic (exact) mass is 361 g/mol. The predicted molar refractivity (Wildman–Crippen MR) is 87.5 cm³/mol. The molecule has 1 aliphatic rings. The second-order valence-corrected chi connectivity index (χ2v) is 6.09. The molecule has 1 aliphatic carbocycles. The molecule has 0 amide bonds. The highest BCUT2D eigenvalue weighted by atomic mass is 19.4. The number of aliphatic carboxylic acids is 1. The molecule has 0 saturated carbocycles. The number of halogens is 3. The van der Waals surface area contributed by atoms with Crippen LogP contribution < -0.4 is 4.74 Å². The molecule has 0 fully saturated rings. The second kappa shape index (κ2) is 6.71. The summed E-state index contributed by atoms with van der Waals surface area (Å²) < 4.78 is 45.1. The second-order valence-electron chi connectivity index (χ2n) is 6.09. The topological polar surface area (TPSA) is 50.9 Å². The van der Waals surface area contributed by atoms with Crippen molar-refractivity contribution in [1.82, 2.24) is 0 Å². The number of aryl methyl sites for hydroxylation is 1. The Hall–Kier alpha value is -3.01. The standard InChI is InChI=1S/C19H14F3NO3/c1-23-13-4-7-17(16(10-13)19(20,21)22)26-14-5-6-15-11(8-14)2-3-12(15)9-18(24)25/h4-8,10,12H,2-3,9H2,(H,24,25)/t12-/m0/s1. The van der Waals surface area contributed by atoms with E-state index in [0.29, 0.717) is 12.8 Å². The summed E-state index contributed by atoms with van der Waals surface area (Å²) in [6.45, 7) is 6.86. The number of rotatable bonds is 4. The highest BCUT2D eigenvalue weighted by Crippen LogP contribution is 2.42. The van der Waals surface area contributed by atoms with Crippen molar-refractivity contribution in [3.05, 3.63) is 64.5 Å². The lowest BCUT2D eigenvalue weighted by molar-refractivity contribution is -0.139. The largest absolute Gasteiger partial charge is 0.481 e. The number of carboxylic acids is 1. The van der Waals surface area contributed by atoms with E-state index in [4.69, 9.17) is 16.4 Å². The number of benzene rings is 2. The molecule has 0 saturated heterocycles. The maximum absolute atomic E-state index is 13.2. The van der Waals surface area contributed by atoms with Gasteiger partial charge < -0.3 is 9.84 Å². The molecular formula is C19H14F3NO3. The first-order valence-electron chi connectivity index (χ1n) is 7.89. The Kier molecular flexibility index (Phi) is 4.60. The number of hydrogen-bond acceptors (Lipinski definition) is 2. The minimum absolute atomic E-state index is 0.0313. The van der Waals surface area contributed by atoms with E-state index in [1.165, 1.54) is 6.07 Å². The van der Waals surface area contributed by atoms with Crippen molar-refractivity contribution < 1.29 is 27.8 Å². The van der Waals surface area contributed by atoms with Gasteiger partial charge in [-0.05, 0) is 54.2 Å². The number of fused-ring (bicyclic) bond motifs is 1. The molecule has 0 aliphatic heterocycles.